The van der Waals surface area contributed by atoms with Crippen LogP contribution in [0.15, 0.2) is 18.2 Å². The van der Waals surface area contributed by atoms with Crippen LogP contribution in [0.5, 0.6) is 11.5 Å². The fourth-order valence-corrected chi connectivity index (χ4v) is 2.49. The second-order valence-corrected chi connectivity index (χ2v) is 5.43. The second kappa shape index (κ2) is 8.20. The van der Waals surface area contributed by atoms with Gasteiger partial charge in [0.25, 0.3) is 0 Å². The van der Waals surface area contributed by atoms with Crippen LogP contribution < -0.4 is 9.47 Å². The van der Waals surface area contributed by atoms with Gasteiger partial charge in [0.05, 0.1) is 13.7 Å². The van der Waals surface area contributed by atoms with E-state index in [0.29, 0.717) is 29.6 Å². The summed E-state index contributed by atoms with van der Waals surface area (Å²) in [6.07, 6.45) is 2.15. The minimum absolute atomic E-state index is 0.0239. The molecule has 0 saturated carbocycles. The van der Waals surface area contributed by atoms with Gasteiger partial charge in [0.2, 0.25) is 0 Å². The summed E-state index contributed by atoms with van der Waals surface area (Å²) in [5, 5.41) is 1.02. The fourth-order valence-electron chi connectivity index (χ4n) is 1.71. The van der Waals surface area contributed by atoms with Crippen molar-refractivity contribution in [1.82, 2.24) is 0 Å². The van der Waals surface area contributed by atoms with E-state index in [1.165, 1.54) is 6.92 Å². The summed E-state index contributed by atoms with van der Waals surface area (Å²) in [6.45, 7) is 4.40. The Morgan fingerprint density at radius 3 is 2.63 bits per heavy atom. The summed E-state index contributed by atoms with van der Waals surface area (Å²) in [6, 6.07) is 5.28. The smallest absolute Gasteiger partial charge is 0.161 e. The SMILES string of the molecule is COc1cc(C(C)=O)ccc1OCCC(C)CCBr. The van der Waals surface area contributed by atoms with E-state index < -0.39 is 0 Å². The highest BCUT2D eigenvalue weighted by Gasteiger charge is 2.09. The van der Waals surface area contributed by atoms with Crippen molar-refractivity contribution in [3.63, 3.8) is 0 Å². The molecule has 0 fully saturated rings. The van der Waals surface area contributed by atoms with Crippen molar-refractivity contribution in [3.8, 4) is 11.5 Å². The quantitative estimate of drug-likeness (QED) is 0.532. The molecule has 0 N–H and O–H groups in total. The number of ketones is 1. The molecule has 4 heteroatoms. The third kappa shape index (κ3) is 5.23. The number of hydrogen-bond acceptors (Lipinski definition) is 3. The zero-order valence-electron chi connectivity index (χ0n) is 11.7. The monoisotopic (exact) mass is 328 g/mol. The largest absolute Gasteiger partial charge is 0.493 e. The van der Waals surface area contributed by atoms with Gasteiger partial charge in [0.1, 0.15) is 0 Å². The topological polar surface area (TPSA) is 35.5 Å². The average molecular weight is 329 g/mol. The number of carbonyl (C=O) groups excluding carboxylic acids is 1. The van der Waals surface area contributed by atoms with Crippen LogP contribution in [-0.4, -0.2) is 24.8 Å². The zero-order chi connectivity index (χ0) is 14.3. The molecule has 0 radical (unpaired) electrons. The van der Waals surface area contributed by atoms with Crippen molar-refractivity contribution < 1.29 is 14.3 Å². The minimum atomic E-state index is 0.0239. The molecule has 0 aromatic heterocycles. The lowest BCUT2D eigenvalue weighted by atomic mass is 10.1. The molecule has 0 saturated heterocycles. The van der Waals surface area contributed by atoms with Crippen LogP contribution in [0.1, 0.15) is 37.0 Å². The molecule has 1 unspecified atom stereocenters. The number of carbonyl (C=O) groups is 1. The Labute approximate surface area is 123 Å². The van der Waals surface area contributed by atoms with E-state index in [2.05, 4.69) is 22.9 Å². The van der Waals surface area contributed by atoms with E-state index in [1.54, 1.807) is 25.3 Å². The van der Waals surface area contributed by atoms with E-state index in [0.717, 1.165) is 18.2 Å². The molecule has 0 spiro atoms. The summed E-state index contributed by atoms with van der Waals surface area (Å²) >= 11 is 3.44. The van der Waals surface area contributed by atoms with Gasteiger partial charge in [0.15, 0.2) is 17.3 Å². The zero-order valence-corrected chi connectivity index (χ0v) is 13.3. The summed E-state index contributed by atoms with van der Waals surface area (Å²) < 4.78 is 11.0. The number of rotatable bonds is 8. The maximum Gasteiger partial charge on any atom is 0.161 e. The molecule has 1 atom stereocenters. The van der Waals surface area contributed by atoms with E-state index in [1.807, 2.05) is 0 Å². The van der Waals surface area contributed by atoms with Crippen LogP contribution in [0.3, 0.4) is 0 Å². The summed E-state index contributed by atoms with van der Waals surface area (Å²) in [4.78, 5) is 11.3. The molecule has 0 aliphatic heterocycles. The van der Waals surface area contributed by atoms with Gasteiger partial charge >= 0.3 is 0 Å². The Balaban J connectivity index is 2.60. The molecule has 0 heterocycles. The number of Topliss-reactive ketones (excluding diaryl/α,β-unsaturated/α-hetero) is 1. The van der Waals surface area contributed by atoms with E-state index in [4.69, 9.17) is 9.47 Å². The normalized spacial score (nSPS) is 12.0. The lowest BCUT2D eigenvalue weighted by Gasteiger charge is -2.13. The summed E-state index contributed by atoms with van der Waals surface area (Å²) in [5.74, 6) is 1.96. The molecule has 19 heavy (non-hydrogen) atoms. The molecule has 1 rings (SSSR count). The minimum Gasteiger partial charge on any atom is -0.493 e. The molecule has 0 amide bonds. The maximum atomic E-state index is 11.3. The number of halogens is 1. The first-order valence-electron chi connectivity index (χ1n) is 6.46. The number of alkyl halides is 1. The first kappa shape index (κ1) is 16.0. The van der Waals surface area contributed by atoms with Crippen LogP contribution in [-0.2, 0) is 0 Å². The lowest BCUT2D eigenvalue weighted by molar-refractivity contribution is 0.101. The molecular formula is C15H21BrO3. The molecule has 0 aliphatic rings. The number of hydrogen-bond donors (Lipinski definition) is 0. The molecule has 0 bridgehead atoms. The fraction of sp³-hybridized carbons (Fsp3) is 0.533. The van der Waals surface area contributed by atoms with Gasteiger partial charge in [-0.25, -0.2) is 0 Å². The van der Waals surface area contributed by atoms with E-state index in [9.17, 15) is 4.79 Å². The second-order valence-electron chi connectivity index (χ2n) is 4.64. The Bertz CT molecular complexity index is 418. The Hall–Kier alpha value is -1.03. The third-order valence-electron chi connectivity index (χ3n) is 3.04. The third-order valence-corrected chi connectivity index (χ3v) is 3.50. The Morgan fingerprint density at radius 1 is 1.32 bits per heavy atom. The van der Waals surface area contributed by atoms with Crippen molar-refractivity contribution in [1.29, 1.82) is 0 Å². The highest BCUT2D eigenvalue weighted by Crippen LogP contribution is 2.28. The van der Waals surface area contributed by atoms with Crippen molar-refractivity contribution in [2.45, 2.75) is 26.7 Å². The van der Waals surface area contributed by atoms with Gasteiger partial charge in [-0.3, -0.25) is 4.79 Å². The first-order chi connectivity index (χ1) is 9.08. The van der Waals surface area contributed by atoms with E-state index >= 15 is 0 Å². The molecule has 3 nitrogen and oxygen atoms in total. The lowest BCUT2D eigenvalue weighted by Crippen LogP contribution is -2.06. The number of benzene rings is 1. The van der Waals surface area contributed by atoms with Gasteiger partial charge in [-0.2, -0.15) is 0 Å². The summed E-state index contributed by atoms with van der Waals surface area (Å²) in [5.41, 5.74) is 0.636. The van der Waals surface area contributed by atoms with Gasteiger partial charge in [-0.1, -0.05) is 22.9 Å². The van der Waals surface area contributed by atoms with Crippen molar-refractivity contribution in [3.05, 3.63) is 23.8 Å². The molecule has 106 valence electrons. The Kier molecular flexibility index (Phi) is 6.92. The standard InChI is InChI=1S/C15H21BrO3/c1-11(6-8-16)7-9-19-14-5-4-13(12(2)17)10-15(14)18-3/h4-5,10-11H,6-9H2,1-3H3. The van der Waals surface area contributed by atoms with Crippen molar-refractivity contribution >= 4 is 21.7 Å². The van der Waals surface area contributed by atoms with Crippen LogP contribution >= 0.6 is 15.9 Å². The van der Waals surface area contributed by atoms with Crippen LogP contribution in [0, 0.1) is 5.92 Å². The first-order valence-corrected chi connectivity index (χ1v) is 7.58. The van der Waals surface area contributed by atoms with Crippen LogP contribution in [0.4, 0.5) is 0 Å². The molecular weight excluding hydrogens is 308 g/mol. The maximum absolute atomic E-state index is 11.3. The van der Waals surface area contributed by atoms with Gasteiger partial charge in [-0.05, 0) is 43.9 Å². The number of ether oxygens (including phenoxy) is 2. The summed E-state index contributed by atoms with van der Waals surface area (Å²) in [7, 11) is 1.58. The predicted octanol–water partition coefficient (Wildman–Crippen LogP) is 4.09. The van der Waals surface area contributed by atoms with Crippen LogP contribution in [0.25, 0.3) is 0 Å². The predicted molar refractivity (Wildman–Crippen MR) is 80.7 cm³/mol. The van der Waals surface area contributed by atoms with E-state index in [-0.39, 0.29) is 5.78 Å². The molecule has 1 aromatic carbocycles. The highest BCUT2D eigenvalue weighted by atomic mass is 79.9. The molecule has 1 aromatic rings. The van der Waals surface area contributed by atoms with Gasteiger partial charge in [-0.15, -0.1) is 0 Å². The van der Waals surface area contributed by atoms with Crippen LogP contribution in [0.2, 0.25) is 0 Å². The van der Waals surface area contributed by atoms with Crippen molar-refractivity contribution in [2.75, 3.05) is 19.0 Å². The molecule has 0 aliphatic carbocycles. The van der Waals surface area contributed by atoms with Gasteiger partial charge < -0.3 is 9.47 Å². The average Bonchev–Trinajstić information content (AvgIpc) is 2.39. The number of methoxy groups -OCH3 is 1. The Morgan fingerprint density at radius 2 is 2.05 bits per heavy atom. The highest BCUT2D eigenvalue weighted by molar-refractivity contribution is 9.09. The van der Waals surface area contributed by atoms with Gasteiger partial charge in [0, 0.05) is 10.9 Å². The van der Waals surface area contributed by atoms with Crippen molar-refractivity contribution in [2.24, 2.45) is 5.92 Å².